The van der Waals surface area contributed by atoms with E-state index in [2.05, 4.69) is 10.4 Å². The minimum absolute atomic E-state index is 0.0421. The second-order valence-electron chi connectivity index (χ2n) is 8.18. The largest absolute Gasteiger partial charge is 0.468 e. The van der Waals surface area contributed by atoms with E-state index in [0.29, 0.717) is 9.87 Å². The molecule has 1 atom stereocenters. The fraction of sp³-hybridized carbons (Fsp3) is 0.273. The third-order valence-electron chi connectivity index (χ3n) is 5.75. The lowest BCUT2D eigenvalue weighted by molar-refractivity contribution is -0.141. The third-order valence-corrected chi connectivity index (χ3v) is 8.50. The number of likely N-dealkylation sites (N-methyl/N-ethyl adjacent to an activating group) is 1. The molecular formula is C22H19Cl2F3N4O4S. The van der Waals surface area contributed by atoms with Crippen LogP contribution in [0.4, 0.5) is 19.0 Å². The molecule has 1 aliphatic rings. The number of alkyl halides is 3. The molecule has 1 aromatic carbocycles. The normalized spacial score (nSPS) is 16.1. The number of hydrogen-bond acceptors (Lipinski definition) is 6. The number of carbonyl (C=O) groups excluding carboxylic acids is 1. The van der Waals surface area contributed by atoms with Crippen molar-refractivity contribution in [3.05, 3.63) is 74.4 Å². The Morgan fingerprint density at radius 2 is 1.83 bits per heavy atom. The molecule has 0 fully saturated rings. The quantitative estimate of drug-likeness (QED) is 0.447. The molecule has 1 amide bonds. The van der Waals surface area contributed by atoms with Crippen molar-refractivity contribution in [1.29, 1.82) is 0 Å². The molecule has 2 aromatic heterocycles. The maximum absolute atomic E-state index is 13.7. The predicted molar refractivity (Wildman–Crippen MR) is 126 cm³/mol. The zero-order chi connectivity index (χ0) is 26.7. The first-order valence-corrected chi connectivity index (χ1v) is 12.5. The van der Waals surface area contributed by atoms with E-state index in [1.54, 1.807) is 0 Å². The van der Waals surface area contributed by atoms with Crippen LogP contribution in [0, 0.1) is 13.8 Å². The minimum atomic E-state index is -4.76. The molecule has 0 saturated heterocycles. The van der Waals surface area contributed by atoms with Gasteiger partial charge in [0.2, 0.25) is 0 Å². The summed E-state index contributed by atoms with van der Waals surface area (Å²) in [6.07, 6.45) is -3.51. The topological polar surface area (TPSA) is 97.4 Å². The third kappa shape index (κ3) is 4.27. The Hall–Kier alpha value is -2.96. The van der Waals surface area contributed by atoms with Crippen molar-refractivity contribution in [2.75, 3.05) is 12.4 Å². The van der Waals surface area contributed by atoms with Gasteiger partial charge in [-0.15, -0.1) is 0 Å². The lowest BCUT2D eigenvalue weighted by Gasteiger charge is -2.31. The van der Waals surface area contributed by atoms with Gasteiger partial charge in [0.1, 0.15) is 22.5 Å². The monoisotopic (exact) mass is 562 g/mol. The molecule has 1 N–H and O–H groups in total. The average molecular weight is 563 g/mol. The van der Waals surface area contributed by atoms with Gasteiger partial charge < -0.3 is 9.73 Å². The molecule has 3 aromatic rings. The van der Waals surface area contributed by atoms with Gasteiger partial charge in [-0.1, -0.05) is 29.3 Å². The number of fused-ring (bicyclic) bond motifs is 1. The van der Waals surface area contributed by atoms with E-state index in [9.17, 15) is 26.4 Å². The van der Waals surface area contributed by atoms with Crippen molar-refractivity contribution < 1.29 is 30.8 Å². The van der Waals surface area contributed by atoms with Gasteiger partial charge in [-0.25, -0.2) is 17.4 Å². The maximum atomic E-state index is 13.7. The molecular weight excluding hydrogens is 544 g/mol. The Morgan fingerprint density at radius 3 is 2.39 bits per heavy atom. The van der Waals surface area contributed by atoms with Crippen LogP contribution >= 0.6 is 23.2 Å². The summed E-state index contributed by atoms with van der Waals surface area (Å²) in [7, 11) is -3.31. The van der Waals surface area contributed by atoms with Crippen LogP contribution in [0.5, 0.6) is 0 Å². The number of amides is 1. The number of halogens is 5. The molecule has 192 valence electrons. The lowest BCUT2D eigenvalue weighted by atomic mass is 9.95. The molecule has 8 nitrogen and oxygen atoms in total. The van der Waals surface area contributed by atoms with Crippen LogP contribution in [-0.4, -0.2) is 35.5 Å². The van der Waals surface area contributed by atoms with Crippen LogP contribution in [0.2, 0.25) is 10.0 Å². The molecule has 0 spiro atoms. The number of hydrogen-bond donors (Lipinski definition) is 1. The Morgan fingerprint density at radius 1 is 1.17 bits per heavy atom. The van der Waals surface area contributed by atoms with Crippen molar-refractivity contribution in [3.63, 3.8) is 0 Å². The van der Waals surface area contributed by atoms with Gasteiger partial charge in [0.25, 0.3) is 15.9 Å². The number of aryl methyl sites for hydroxylation is 2. The molecule has 1 aliphatic heterocycles. The van der Waals surface area contributed by atoms with E-state index in [4.69, 9.17) is 27.6 Å². The fourth-order valence-corrected chi connectivity index (χ4v) is 5.80. The van der Waals surface area contributed by atoms with Crippen molar-refractivity contribution in [3.8, 4) is 0 Å². The zero-order valence-corrected chi connectivity index (χ0v) is 21.6. The molecule has 36 heavy (non-hydrogen) atoms. The van der Waals surface area contributed by atoms with Crippen LogP contribution < -0.4 is 5.32 Å². The minimum Gasteiger partial charge on any atom is -0.468 e. The number of anilines is 1. The summed E-state index contributed by atoms with van der Waals surface area (Å²) in [6, 6.07) is 3.84. The van der Waals surface area contributed by atoms with Crippen LogP contribution in [0.15, 0.2) is 51.1 Å². The molecule has 4 rings (SSSR count). The number of allylic oxidation sites excluding steroid dienone is 1. The lowest BCUT2D eigenvalue weighted by Crippen LogP contribution is -2.39. The number of benzene rings is 1. The predicted octanol–water partition coefficient (Wildman–Crippen LogP) is 5.55. The zero-order valence-electron chi connectivity index (χ0n) is 19.2. The Kier molecular flexibility index (Phi) is 6.42. The number of rotatable bonds is 4. The van der Waals surface area contributed by atoms with Crippen LogP contribution in [-0.2, 0) is 21.0 Å². The number of furan rings is 1. The van der Waals surface area contributed by atoms with E-state index in [1.807, 2.05) is 0 Å². The van der Waals surface area contributed by atoms with Gasteiger partial charge in [-0.05, 0) is 38.5 Å². The highest BCUT2D eigenvalue weighted by Gasteiger charge is 2.42. The van der Waals surface area contributed by atoms with Crippen LogP contribution in [0.1, 0.15) is 35.5 Å². The number of carbonyl (C=O) groups is 1. The summed E-state index contributed by atoms with van der Waals surface area (Å²) in [5, 5.41) is 6.69. The second-order valence-corrected chi connectivity index (χ2v) is 10.9. The summed E-state index contributed by atoms with van der Waals surface area (Å²) in [5.41, 5.74) is -0.636. The van der Waals surface area contributed by atoms with E-state index in [1.165, 1.54) is 45.2 Å². The first-order chi connectivity index (χ1) is 16.6. The summed E-state index contributed by atoms with van der Waals surface area (Å²) >= 11 is 12.2. The van der Waals surface area contributed by atoms with E-state index in [0.717, 1.165) is 17.8 Å². The number of nitrogens with zero attached hydrogens (tertiary/aromatic N) is 3. The highest BCUT2D eigenvalue weighted by molar-refractivity contribution is 7.89. The average Bonchev–Trinajstić information content (AvgIpc) is 3.36. The Labute approximate surface area is 214 Å². The van der Waals surface area contributed by atoms with Gasteiger partial charge in [-0.3, -0.25) is 4.79 Å². The molecule has 1 unspecified atom stereocenters. The van der Waals surface area contributed by atoms with E-state index < -0.39 is 33.8 Å². The van der Waals surface area contributed by atoms with Crippen LogP contribution in [0.3, 0.4) is 0 Å². The molecule has 14 heteroatoms. The van der Waals surface area contributed by atoms with Crippen molar-refractivity contribution in [1.82, 2.24) is 14.1 Å². The SMILES string of the molecule is CC1=C(C(=O)N(C)S(=O)(=O)c2c(C)coc2C)C(c2ccc(Cl)c(Cl)c2)n2nc(C(F)(F)F)cc2N1. The maximum Gasteiger partial charge on any atom is 0.435 e. The smallest absolute Gasteiger partial charge is 0.435 e. The molecule has 0 bridgehead atoms. The molecule has 0 aliphatic carbocycles. The Bertz CT molecular complexity index is 1510. The van der Waals surface area contributed by atoms with E-state index in [-0.39, 0.29) is 43.4 Å². The standard InChI is InChI=1S/C22H19Cl2F3N4O4S/c1-10-9-35-12(3)20(10)36(33,34)30(4)21(32)18-11(2)28-17-8-16(22(25,26)27)29-31(17)19(18)13-5-6-14(23)15(24)7-13/h5-9,19,28H,1-4H3. The first-order valence-electron chi connectivity index (χ1n) is 10.3. The van der Waals surface area contributed by atoms with Gasteiger partial charge in [0.05, 0.1) is 21.9 Å². The van der Waals surface area contributed by atoms with Gasteiger partial charge in [0, 0.05) is 24.4 Å². The first kappa shape index (κ1) is 26.1. The summed E-state index contributed by atoms with van der Waals surface area (Å²) < 4.78 is 73.8. The number of nitrogens with one attached hydrogen (secondary N) is 1. The van der Waals surface area contributed by atoms with Crippen molar-refractivity contribution >= 4 is 45.0 Å². The summed E-state index contributed by atoms with van der Waals surface area (Å²) in [4.78, 5) is 13.5. The molecule has 0 saturated carbocycles. The van der Waals surface area contributed by atoms with Gasteiger partial charge in [-0.2, -0.15) is 18.3 Å². The van der Waals surface area contributed by atoms with Crippen molar-refractivity contribution in [2.24, 2.45) is 0 Å². The van der Waals surface area contributed by atoms with Gasteiger partial charge >= 0.3 is 6.18 Å². The van der Waals surface area contributed by atoms with E-state index >= 15 is 0 Å². The summed E-state index contributed by atoms with van der Waals surface area (Å²) in [6.45, 7) is 4.41. The summed E-state index contributed by atoms with van der Waals surface area (Å²) in [5.74, 6) is -0.935. The number of aromatic nitrogens is 2. The Balaban J connectivity index is 1.89. The fourth-order valence-electron chi connectivity index (χ4n) is 4.04. The molecule has 0 radical (unpaired) electrons. The highest BCUT2D eigenvalue weighted by Crippen LogP contribution is 2.41. The van der Waals surface area contributed by atoms with Gasteiger partial charge in [0.15, 0.2) is 5.69 Å². The molecule has 3 heterocycles. The van der Waals surface area contributed by atoms with Crippen LogP contribution in [0.25, 0.3) is 0 Å². The second kappa shape index (κ2) is 8.86. The number of sulfonamides is 1. The van der Waals surface area contributed by atoms with Crippen molar-refractivity contribution in [2.45, 2.75) is 37.9 Å². The highest BCUT2D eigenvalue weighted by atomic mass is 35.5.